The monoisotopic (exact) mass is 488 g/mol. The number of rotatable bonds is 13. The van der Waals surface area contributed by atoms with Crippen molar-refractivity contribution in [3.63, 3.8) is 0 Å². The van der Waals surface area contributed by atoms with Gasteiger partial charge in [-0.15, -0.1) is 0 Å². The first kappa shape index (κ1) is 23.9. The smallest absolute Gasteiger partial charge is 0.303 e. The molecule has 36 heavy (non-hydrogen) atoms. The molecular weight excluding hydrogens is 454 g/mol. The van der Waals surface area contributed by atoms with E-state index in [2.05, 4.69) is 0 Å². The summed E-state index contributed by atoms with van der Waals surface area (Å²) in [4.78, 5) is 25.9. The van der Waals surface area contributed by atoms with Gasteiger partial charge in [0.1, 0.15) is 11.5 Å². The molecule has 0 heterocycles. The van der Waals surface area contributed by atoms with Crippen LogP contribution in [-0.4, -0.2) is 41.6 Å². The van der Waals surface area contributed by atoms with Crippen LogP contribution in [0.15, 0.2) is 72.8 Å². The number of unbranched alkanes of at least 4 members (excludes halogenated alkanes) is 2. The number of benzene rings is 3. The zero-order valence-corrected chi connectivity index (χ0v) is 20.6. The molecule has 1 aliphatic carbocycles. The fraction of sp³-hybridized carbons (Fsp3) is 0.333. The van der Waals surface area contributed by atoms with Crippen LogP contribution in [0.25, 0.3) is 11.1 Å². The van der Waals surface area contributed by atoms with E-state index in [4.69, 9.17) is 16.0 Å². The number of carbonyl (C=O) groups is 2. The Bertz CT molecular complexity index is 1210. The number of hydrogen-bond donors (Lipinski definition) is 1. The molecule has 0 aliphatic heterocycles. The van der Waals surface area contributed by atoms with Crippen LogP contribution in [0.2, 0.25) is 0 Å². The second-order valence-corrected chi connectivity index (χ2v) is 8.97. The lowest BCUT2D eigenvalue weighted by molar-refractivity contribution is -0.137. The summed E-state index contributed by atoms with van der Waals surface area (Å²) >= 11 is 0. The fourth-order valence-electron chi connectivity index (χ4n) is 4.05. The van der Waals surface area contributed by atoms with Gasteiger partial charge in [-0.05, 0) is 73.6 Å². The van der Waals surface area contributed by atoms with E-state index in [1.807, 2.05) is 72.8 Å². The first-order valence-corrected chi connectivity index (χ1v) is 12.4. The summed E-state index contributed by atoms with van der Waals surface area (Å²) in [6.07, 6.45) is 4.03. The maximum Gasteiger partial charge on any atom is 0.303 e. The molecule has 0 radical (unpaired) electrons. The third-order valence-corrected chi connectivity index (χ3v) is 6.20. The lowest BCUT2D eigenvalue weighted by Crippen LogP contribution is -2.32. The SMILES string of the molecule is [2H]C(c1ccccc1OCCCCCC(=O)O)N(C(=O)c1ccc(-c2cccc(OC)c2)cc1)C1CC1. The van der Waals surface area contributed by atoms with Gasteiger partial charge in [0.15, 0.2) is 0 Å². The van der Waals surface area contributed by atoms with Gasteiger partial charge >= 0.3 is 5.97 Å². The van der Waals surface area contributed by atoms with Crippen LogP contribution in [0.4, 0.5) is 0 Å². The topological polar surface area (TPSA) is 76.1 Å². The number of hydrogen-bond acceptors (Lipinski definition) is 4. The normalized spacial score (nSPS) is 14.0. The molecule has 3 aromatic carbocycles. The Morgan fingerprint density at radius 2 is 1.75 bits per heavy atom. The molecule has 1 amide bonds. The molecule has 1 atom stereocenters. The van der Waals surface area contributed by atoms with Crippen LogP contribution in [-0.2, 0) is 11.3 Å². The van der Waals surface area contributed by atoms with Crippen molar-refractivity contribution < 1.29 is 25.5 Å². The van der Waals surface area contributed by atoms with Gasteiger partial charge in [-0.2, -0.15) is 0 Å². The predicted molar refractivity (Wildman–Crippen MR) is 139 cm³/mol. The molecule has 1 fully saturated rings. The van der Waals surface area contributed by atoms with Crippen molar-refractivity contribution in [3.8, 4) is 22.6 Å². The van der Waals surface area contributed by atoms with Gasteiger partial charge < -0.3 is 19.5 Å². The van der Waals surface area contributed by atoms with E-state index in [1.54, 1.807) is 12.0 Å². The molecule has 3 aromatic rings. The molecule has 1 unspecified atom stereocenters. The number of carboxylic acid groups (broad SMARTS) is 1. The Kier molecular flexibility index (Phi) is 8.14. The van der Waals surface area contributed by atoms with Gasteiger partial charge in [0, 0.05) is 30.1 Å². The minimum atomic E-state index is -0.888. The highest BCUT2D eigenvalue weighted by atomic mass is 16.5. The Morgan fingerprint density at radius 1 is 0.972 bits per heavy atom. The zero-order chi connectivity index (χ0) is 26.2. The molecular formula is C30H33NO5. The van der Waals surface area contributed by atoms with Gasteiger partial charge in [-0.25, -0.2) is 0 Å². The Balaban J connectivity index is 1.46. The number of amides is 1. The van der Waals surface area contributed by atoms with Crippen molar-refractivity contribution in [3.05, 3.63) is 83.9 Å². The van der Waals surface area contributed by atoms with Crippen molar-refractivity contribution in [2.45, 2.75) is 51.1 Å². The summed E-state index contributed by atoms with van der Waals surface area (Å²) in [5.74, 6) is 0.412. The number of aliphatic carboxylic acids is 1. The van der Waals surface area contributed by atoms with Crippen molar-refractivity contribution in [1.29, 1.82) is 0 Å². The lowest BCUT2D eigenvalue weighted by atomic mass is 10.0. The third kappa shape index (κ3) is 6.87. The first-order chi connectivity index (χ1) is 18.0. The molecule has 4 rings (SSSR count). The number of para-hydroxylation sites is 1. The second-order valence-electron chi connectivity index (χ2n) is 8.97. The maximum atomic E-state index is 13.6. The van der Waals surface area contributed by atoms with Gasteiger partial charge in [0.2, 0.25) is 0 Å². The summed E-state index contributed by atoms with van der Waals surface area (Å²) < 4.78 is 20.3. The van der Waals surface area contributed by atoms with E-state index in [1.165, 1.54) is 0 Å². The van der Waals surface area contributed by atoms with E-state index in [0.29, 0.717) is 29.9 Å². The maximum absolute atomic E-state index is 13.6. The number of carboxylic acids is 1. The van der Waals surface area contributed by atoms with Gasteiger partial charge in [0.05, 0.1) is 15.1 Å². The third-order valence-electron chi connectivity index (χ3n) is 6.20. The Labute approximate surface area is 213 Å². The van der Waals surface area contributed by atoms with Crippen LogP contribution in [0.1, 0.15) is 55.8 Å². The van der Waals surface area contributed by atoms with E-state index < -0.39 is 12.5 Å². The number of nitrogens with zero attached hydrogens (tertiary/aromatic N) is 1. The van der Waals surface area contributed by atoms with Crippen molar-refractivity contribution in [2.24, 2.45) is 0 Å². The Morgan fingerprint density at radius 3 is 2.47 bits per heavy atom. The fourth-order valence-corrected chi connectivity index (χ4v) is 4.05. The van der Waals surface area contributed by atoms with Crippen LogP contribution in [0.3, 0.4) is 0 Å². The minimum Gasteiger partial charge on any atom is -0.497 e. The summed E-state index contributed by atoms with van der Waals surface area (Å²) in [7, 11) is 1.64. The summed E-state index contributed by atoms with van der Waals surface area (Å²) in [6, 6.07) is 22.7. The van der Waals surface area contributed by atoms with Crippen LogP contribution in [0, 0.1) is 0 Å². The standard InChI is InChI=1S/C30H33NO5/c1-35-27-10-7-9-24(20-27)22-13-15-23(16-14-22)30(34)31(26-17-18-26)21-25-8-4-5-11-28(25)36-19-6-2-3-12-29(32)33/h4-5,7-11,13-16,20,26H,2-3,6,12,17-19,21H2,1H3,(H,32,33)/i21D. The largest absolute Gasteiger partial charge is 0.497 e. The highest BCUT2D eigenvalue weighted by Gasteiger charge is 2.33. The number of methoxy groups -OCH3 is 1. The van der Waals surface area contributed by atoms with Crippen LogP contribution < -0.4 is 9.47 Å². The van der Waals surface area contributed by atoms with Crippen molar-refractivity contribution in [2.75, 3.05) is 13.7 Å². The lowest BCUT2D eigenvalue weighted by Gasteiger charge is -2.24. The summed E-state index contributed by atoms with van der Waals surface area (Å²) in [5, 5.41) is 8.77. The van der Waals surface area contributed by atoms with E-state index in [0.717, 1.165) is 42.6 Å². The minimum absolute atomic E-state index is 0.0390. The zero-order valence-electron chi connectivity index (χ0n) is 21.6. The molecule has 6 nitrogen and oxygen atoms in total. The van der Waals surface area contributed by atoms with E-state index >= 15 is 0 Å². The summed E-state index contributed by atoms with van der Waals surface area (Å²) in [5.41, 5.74) is 3.19. The van der Waals surface area contributed by atoms with Crippen LogP contribution >= 0.6 is 0 Å². The van der Waals surface area contributed by atoms with Gasteiger partial charge in [-0.3, -0.25) is 9.59 Å². The molecule has 1 N–H and O–H groups in total. The predicted octanol–water partition coefficient (Wildman–Crippen LogP) is 6.19. The summed E-state index contributed by atoms with van der Waals surface area (Å²) in [6.45, 7) is -0.451. The van der Waals surface area contributed by atoms with Gasteiger partial charge in [-0.1, -0.05) is 42.5 Å². The molecule has 1 saturated carbocycles. The first-order valence-electron chi connectivity index (χ1n) is 13.0. The Hall–Kier alpha value is -3.80. The van der Waals surface area contributed by atoms with Crippen molar-refractivity contribution >= 4 is 11.9 Å². The molecule has 6 heteroatoms. The van der Waals surface area contributed by atoms with Gasteiger partial charge in [0.25, 0.3) is 5.91 Å². The average molecular weight is 489 g/mol. The average Bonchev–Trinajstić information content (AvgIpc) is 3.76. The van der Waals surface area contributed by atoms with Crippen molar-refractivity contribution in [1.82, 2.24) is 4.90 Å². The molecule has 0 bridgehead atoms. The van der Waals surface area contributed by atoms with Crippen LogP contribution in [0.5, 0.6) is 11.5 Å². The molecule has 0 spiro atoms. The second kappa shape index (κ2) is 12.2. The van der Waals surface area contributed by atoms with E-state index in [9.17, 15) is 9.59 Å². The molecule has 0 saturated heterocycles. The number of ether oxygens (including phenoxy) is 2. The quantitative estimate of drug-likeness (QED) is 0.290. The highest BCUT2D eigenvalue weighted by molar-refractivity contribution is 5.95. The van der Waals surface area contributed by atoms with E-state index in [-0.39, 0.29) is 18.4 Å². The molecule has 1 aliphatic rings. The molecule has 188 valence electrons. The number of carbonyl (C=O) groups excluding carboxylic acids is 1. The molecule has 0 aromatic heterocycles. The highest BCUT2D eigenvalue weighted by Crippen LogP contribution is 2.32.